The highest BCUT2D eigenvalue weighted by Crippen LogP contribution is 2.40. The molecular weight excluding hydrogens is 344 g/mol. The molecule has 0 N–H and O–H groups in total. The standard InChI is InChI=1S/C26H26O2/c1-17(2)27-25-15-13-21(19-9-5-7-11-23(19)25)22-14-16-26(28-18(3)4)24-12-8-6-10-20(22)24/h5-18H,1-4H3. The van der Waals surface area contributed by atoms with Gasteiger partial charge in [-0.05, 0) is 61.7 Å². The van der Waals surface area contributed by atoms with Crippen LogP contribution < -0.4 is 9.47 Å². The van der Waals surface area contributed by atoms with E-state index in [1.165, 1.54) is 21.9 Å². The monoisotopic (exact) mass is 370 g/mol. The molecule has 0 fully saturated rings. The van der Waals surface area contributed by atoms with Crippen LogP contribution in [0.4, 0.5) is 0 Å². The number of ether oxygens (including phenoxy) is 2. The first-order valence-electron chi connectivity index (χ1n) is 9.92. The molecule has 142 valence electrons. The highest BCUT2D eigenvalue weighted by atomic mass is 16.5. The number of hydrogen-bond acceptors (Lipinski definition) is 2. The average Bonchev–Trinajstić information content (AvgIpc) is 2.68. The van der Waals surface area contributed by atoms with Crippen molar-refractivity contribution < 1.29 is 9.47 Å². The van der Waals surface area contributed by atoms with Crippen LogP contribution in [0.25, 0.3) is 32.7 Å². The second-order valence-corrected chi connectivity index (χ2v) is 7.65. The molecule has 2 nitrogen and oxygen atoms in total. The fourth-order valence-corrected chi connectivity index (χ4v) is 3.73. The Balaban J connectivity index is 1.95. The van der Waals surface area contributed by atoms with Gasteiger partial charge in [0.2, 0.25) is 0 Å². The lowest BCUT2D eigenvalue weighted by Crippen LogP contribution is -2.06. The Bertz CT molecular complexity index is 1030. The lowest BCUT2D eigenvalue weighted by atomic mass is 9.93. The maximum atomic E-state index is 6.05. The zero-order valence-electron chi connectivity index (χ0n) is 16.9. The summed E-state index contributed by atoms with van der Waals surface area (Å²) in [6.07, 6.45) is 0.283. The minimum atomic E-state index is 0.141. The topological polar surface area (TPSA) is 18.5 Å². The minimum Gasteiger partial charge on any atom is -0.490 e. The predicted octanol–water partition coefficient (Wildman–Crippen LogP) is 7.23. The van der Waals surface area contributed by atoms with E-state index in [0.29, 0.717) is 0 Å². The average molecular weight is 370 g/mol. The van der Waals surface area contributed by atoms with E-state index < -0.39 is 0 Å². The summed E-state index contributed by atoms with van der Waals surface area (Å²) in [7, 11) is 0. The summed E-state index contributed by atoms with van der Waals surface area (Å²) in [5.41, 5.74) is 2.41. The third-order valence-electron chi connectivity index (χ3n) is 4.78. The molecule has 4 aromatic rings. The molecule has 0 saturated heterocycles. The fourth-order valence-electron chi connectivity index (χ4n) is 3.73. The van der Waals surface area contributed by atoms with Crippen molar-refractivity contribution in [2.24, 2.45) is 0 Å². The van der Waals surface area contributed by atoms with Crippen LogP contribution in [0.3, 0.4) is 0 Å². The smallest absolute Gasteiger partial charge is 0.127 e. The van der Waals surface area contributed by atoms with E-state index in [9.17, 15) is 0 Å². The van der Waals surface area contributed by atoms with Gasteiger partial charge < -0.3 is 9.47 Å². The van der Waals surface area contributed by atoms with Crippen LogP contribution in [0.1, 0.15) is 27.7 Å². The van der Waals surface area contributed by atoms with E-state index in [1.54, 1.807) is 0 Å². The molecule has 0 heterocycles. The molecule has 2 heteroatoms. The molecule has 0 aliphatic heterocycles. The van der Waals surface area contributed by atoms with Crippen molar-refractivity contribution in [3.05, 3.63) is 72.8 Å². The van der Waals surface area contributed by atoms with Crippen molar-refractivity contribution in [2.45, 2.75) is 39.9 Å². The molecule has 28 heavy (non-hydrogen) atoms. The maximum absolute atomic E-state index is 6.05. The van der Waals surface area contributed by atoms with Crippen molar-refractivity contribution in [1.82, 2.24) is 0 Å². The van der Waals surface area contributed by atoms with Gasteiger partial charge in [-0.25, -0.2) is 0 Å². The van der Waals surface area contributed by atoms with Crippen molar-refractivity contribution in [3.63, 3.8) is 0 Å². The first-order valence-corrected chi connectivity index (χ1v) is 9.92. The molecule has 0 unspecified atom stereocenters. The normalized spacial score (nSPS) is 11.5. The van der Waals surface area contributed by atoms with Gasteiger partial charge in [0.15, 0.2) is 0 Å². The molecule has 4 rings (SSSR count). The highest BCUT2D eigenvalue weighted by molar-refractivity contribution is 6.08. The summed E-state index contributed by atoms with van der Waals surface area (Å²) in [6, 6.07) is 25.4. The molecule has 0 aliphatic carbocycles. The summed E-state index contributed by atoms with van der Waals surface area (Å²) in [5, 5.41) is 4.67. The van der Waals surface area contributed by atoms with E-state index >= 15 is 0 Å². The molecule has 0 aliphatic rings. The second-order valence-electron chi connectivity index (χ2n) is 7.65. The summed E-state index contributed by atoms with van der Waals surface area (Å²) in [5.74, 6) is 1.86. The van der Waals surface area contributed by atoms with Gasteiger partial charge in [0.25, 0.3) is 0 Å². The Hall–Kier alpha value is -3.00. The van der Waals surface area contributed by atoms with Crippen LogP contribution >= 0.6 is 0 Å². The van der Waals surface area contributed by atoms with Crippen LogP contribution in [-0.2, 0) is 0 Å². The number of benzene rings is 4. The molecule has 0 radical (unpaired) electrons. The number of fused-ring (bicyclic) bond motifs is 2. The molecule has 0 amide bonds. The van der Waals surface area contributed by atoms with Crippen molar-refractivity contribution in [3.8, 4) is 22.6 Å². The first-order chi connectivity index (χ1) is 13.5. The lowest BCUT2D eigenvalue weighted by molar-refractivity contribution is 0.245. The summed E-state index contributed by atoms with van der Waals surface area (Å²) >= 11 is 0. The van der Waals surface area contributed by atoms with Crippen molar-refractivity contribution in [2.75, 3.05) is 0 Å². The van der Waals surface area contributed by atoms with Crippen molar-refractivity contribution >= 4 is 21.5 Å². The zero-order chi connectivity index (χ0) is 19.7. The van der Waals surface area contributed by atoms with Crippen LogP contribution in [0.2, 0.25) is 0 Å². The summed E-state index contributed by atoms with van der Waals surface area (Å²) in [6.45, 7) is 8.24. The molecule has 4 aromatic carbocycles. The SMILES string of the molecule is CC(C)Oc1ccc(-c2ccc(OC(C)C)c3ccccc23)c2ccccc12. The van der Waals surface area contributed by atoms with Gasteiger partial charge in [-0.15, -0.1) is 0 Å². The van der Waals surface area contributed by atoms with Crippen LogP contribution in [0.15, 0.2) is 72.8 Å². The third kappa shape index (κ3) is 3.43. The van der Waals surface area contributed by atoms with Gasteiger partial charge in [0.05, 0.1) is 12.2 Å². The van der Waals surface area contributed by atoms with E-state index in [-0.39, 0.29) is 12.2 Å². The Morgan fingerprint density at radius 1 is 0.464 bits per heavy atom. The quantitative estimate of drug-likeness (QED) is 0.369. The van der Waals surface area contributed by atoms with Gasteiger partial charge >= 0.3 is 0 Å². The van der Waals surface area contributed by atoms with Gasteiger partial charge in [-0.3, -0.25) is 0 Å². The van der Waals surface area contributed by atoms with Crippen molar-refractivity contribution in [1.29, 1.82) is 0 Å². The minimum absolute atomic E-state index is 0.141. The van der Waals surface area contributed by atoms with Gasteiger partial charge in [0.1, 0.15) is 11.5 Å². The van der Waals surface area contributed by atoms with E-state index in [2.05, 4.69) is 100 Å². The van der Waals surface area contributed by atoms with E-state index in [4.69, 9.17) is 9.47 Å². The van der Waals surface area contributed by atoms with Crippen LogP contribution in [0.5, 0.6) is 11.5 Å². The second kappa shape index (κ2) is 7.55. The van der Waals surface area contributed by atoms with Gasteiger partial charge in [0, 0.05) is 10.8 Å². The molecule has 0 aromatic heterocycles. The number of rotatable bonds is 5. The largest absolute Gasteiger partial charge is 0.490 e. The summed E-state index contributed by atoms with van der Waals surface area (Å²) in [4.78, 5) is 0. The Kier molecular flexibility index (Phi) is 4.95. The molecule has 0 saturated carbocycles. The Morgan fingerprint density at radius 2 is 0.821 bits per heavy atom. The lowest BCUT2D eigenvalue weighted by Gasteiger charge is -2.18. The predicted molar refractivity (Wildman–Crippen MR) is 118 cm³/mol. The molecule has 0 bridgehead atoms. The van der Waals surface area contributed by atoms with E-state index in [0.717, 1.165) is 22.3 Å². The maximum Gasteiger partial charge on any atom is 0.127 e. The zero-order valence-corrected chi connectivity index (χ0v) is 16.9. The Labute approximate surface area is 166 Å². The molecular formula is C26H26O2. The fraction of sp³-hybridized carbons (Fsp3) is 0.231. The Morgan fingerprint density at radius 3 is 1.18 bits per heavy atom. The highest BCUT2D eigenvalue weighted by Gasteiger charge is 2.14. The van der Waals surface area contributed by atoms with E-state index in [1.807, 2.05) is 0 Å². The summed E-state index contributed by atoms with van der Waals surface area (Å²) < 4.78 is 12.1. The number of hydrogen-bond donors (Lipinski definition) is 0. The first kappa shape index (κ1) is 18.4. The van der Waals surface area contributed by atoms with Gasteiger partial charge in [-0.1, -0.05) is 60.7 Å². The third-order valence-corrected chi connectivity index (χ3v) is 4.78. The molecule has 0 atom stereocenters. The van der Waals surface area contributed by atoms with Crippen LogP contribution in [0, 0.1) is 0 Å². The van der Waals surface area contributed by atoms with Gasteiger partial charge in [-0.2, -0.15) is 0 Å². The molecule has 0 spiro atoms. The van der Waals surface area contributed by atoms with Crippen LogP contribution in [-0.4, -0.2) is 12.2 Å².